The fraction of sp³-hybridized carbons (Fsp3) is 0.600. The van der Waals surface area contributed by atoms with Crippen LogP contribution in [0.4, 0.5) is 5.82 Å². The fourth-order valence-electron chi connectivity index (χ4n) is 1.86. The summed E-state index contributed by atoms with van der Waals surface area (Å²) in [5.74, 6) is 0.602. The standard InChI is InChI=1S/C15H25N3O2/c1-6-12-8-11(9-13(16-5)18-12)14(19)17-10-15(3,4)20-7-2/h8-9H,6-7,10H2,1-5H3,(H,16,18)(H,17,19). The Balaban J connectivity index is 2.77. The zero-order valence-electron chi connectivity index (χ0n) is 13.0. The molecule has 1 rings (SSSR count). The molecule has 0 saturated heterocycles. The van der Waals surface area contributed by atoms with Crippen molar-refractivity contribution < 1.29 is 9.53 Å². The zero-order valence-corrected chi connectivity index (χ0v) is 13.0. The Morgan fingerprint density at radius 1 is 1.35 bits per heavy atom. The highest BCUT2D eigenvalue weighted by atomic mass is 16.5. The van der Waals surface area contributed by atoms with Crippen LogP contribution in [0.25, 0.3) is 0 Å². The van der Waals surface area contributed by atoms with Crippen molar-refractivity contribution in [2.75, 3.05) is 25.5 Å². The molecule has 0 fully saturated rings. The molecular formula is C15H25N3O2. The molecule has 1 aromatic rings. The molecule has 5 nitrogen and oxygen atoms in total. The second-order valence-corrected chi connectivity index (χ2v) is 5.21. The van der Waals surface area contributed by atoms with Gasteiger partial charge in [-0.2, -0.15) is 0 Å². The van der Waals surface area contributed by atoms with E-state index in [0.717, 1.165) is 12.1 Å². The van der Waals surface area contributed by atoms with Gasteiger partial charge in [-0.1, -0.05) is 6.92 Å². The molecule has 0 bridgehead atoms. The highest BCUT2D eigenvalue weighted by molar-refractivity contribution is 5.95. The van der Waals surface area contributed by atoms with Gasteiger partial charge >= 0.3 is 0 Å². The molecule has 5 heteroatoms. The van der Waals surface area contributed by atoms with E-state index in [0.29, 0.717) is 24.5 Å². The molecule has 0 aliphatic carbocycles. The van der Waals surface area contributed by atoms with Gasteiger partial charge in [0.2, 0.25) is 0 Å². The number of aromatic nitrogens is 1. The SMILES string of the molecule is CCOC(C)(C)CNC(=O)c1cc(CC)nc(NC)c1. The van der Waals surface area contributed by atoms with Gasteiger partial charge in [-0.15, -0.1) is 0 Å². The third-order valence-electron chi connectivity index (χ3n) is 2.97. The second kappa shape index (κ2) is 7.24. The summed E-state index contributed by atoms with van der Waals surface area (Å²) in [5, 5.41) is 5.88. The van der Waals surface area contributed by atoms with Crippen molar-refractivity contribution in [3.8, 4) is 0 Å². The van der Waals surface area contributed by atoms with Crippen LogP contribution in [0.5, 0.6) is 0 Å². The highest BCUT2D eigenvalue weighted by Gasteiger charge is 2.19. The summed E-state index contributed by atoms with van der Waals surface area (Å²) in [7, 11) is 1.79. The molecule has 0 unspecified atom stereocenters. The molecule has 112 valence electrons. The summed E-state index contributed by atoms with van der Waals surface area (Å²) in [6.45, 7) is 8.97. The van der Waals surface area contributed by atoms with Gasteiger partial charge in [-0.25, -0.2) is 4.98 Å². The summed E-state index contributed by atoms with van der Waals surface area (Å²) < 4.78 is 5.57. The van der Waals surface area contributed by atoms with Crippen LogP contribution in [-0.4, -0.2) is 36.7 Å². The maximum Gasteiger partial charge on any atom is 0.251 e. The normalized spacial score (nSPS) is 11.2. The van der Waals surface area contributed by atoms with Crippen LogP contribution in [0, 0.1) is 0 Å². The molecule has 0 aliphatic rings. The predicted octanol–water partition coefficient (Wildman–Crippen LogP) is 2.23. The Bertz CT molecular complexity index is 436. The molecule has 0 spiro atoms. The van der Waals surface area contributed by atoms with E-state index in [4.69, 9.17) is 4.74 Å². The average Bonchev–Trinajstić information content (AvgIpc) is 2.44. The quantitative estimate of drug-likeness (QED) is 0.803. The van der Waals surface area contributed by atoms with Crippen LogP contribution >= 0.6 is 0 Å². The van der Waals surface area contributed by atoms with Gasteiger partial charge in [0, 0.05) is 31.5 Å². The lowest BCUT2D eigenvalue weighted by Gasteiger charge is -2.24. The molecule has 2 N–H and O–H groups in total. The smallest absolute Gasteiger partial charge is 0.251 e. The van der Waals surface area contributed by atoms with E-state index in [1.807, 2.05) is 33.8 Å². The van der Waals surface area contributed by atoms with Crippen molar-refractivity contribution in [3.05, 3.63) is 23.4 Å². The molecule has 0 aromatic carbocycles. The molecule has 0 saturated carbocycles. The van der Waals surface area contributed by atoms with Gasteiger partial charge in [0.1, 0.15) is 5.82 Å². The number of pyridine rings is 1. The highest BCUT2D eigenvalue weighted by Crippen LogP contribution is 2.12. The summed E-state index contributed by atoms with van der Waals surface area (Å²) in [6, 6.07) is 3.58. The minimum absolute atomic E-state index is 0.105. The van der Waals surface area contributed by atoms with Crippen LogP contribution in [0.2, 0.25) is 0 Å². The molecular weight excluding hydrogens is 254 g/mol. The molecule has 0 radical (unpaired) electrons. The Labute approximate surface area is 121 Å². The minimum atomic E-state index is -0.364. The number of anilines is 1. The van der Waals surface area contributed by atoms with Crippen LogP contribution in [0.3, 0.4) is 0 Å². The van der Waals surface area contributed by atoms with E-state index in [2.05, 4.69) is 15.6 Å². The Hall–Kier alpha value is -1.62. The van der Waals surface area contributed by atoms with Gasteiger partial charge in [0.15, 0.2) is 0 Å². The number of carbonyl (C=O) groups excluding carboxylic acids is 1. The number of hydrogen-bond donors (Lipinski definition) is 2. The third-order valence-corrected chi connectivity index (χ3v) is 2.97. The number of amides is 1. The first-order valence-electron chi connectivity index (χ1n) is 7.02. The summed E-state index contributed by atoms with van der Waals surface area (Å²) >= 11 is 0. The minimum Gasteiger partial charge on any atom is -0.374 e. The number of aryl methyl sites for hydroxylation is 1. The topological polar surface area (TPSA) is 63.2 Å². The van der Waals surface area contributed by atoms with E-state index < -0.39 is 0 Å². The van der Waals surface area contributed by atoms with Gasteiger partial charge in [0.05, 0.1) is 5.60 Å². The first-order valence-corrected chi connectivity index (χ1v) is 7.02. The van der Waals surface area contributed by atoms with Crippen LogP contribution in [0.1, 0.15) is 43.7 Å². The Kier molecular flexibility index (Phi) is 5.95. The molecule has 0 aliphatic heterocycles. The lowest BCUT2D eigenvalue weighted by atomic mass is 10.1. The number of hydrogen-bond acceptors (Lipinski definition) is 4. The molecule has 0 atom stereocenters. The second-order valence-electron chi connectivity index (χ2n) is 5.21. The lowest BCUT2D eigenvalue weighted by molar-refractivity contribution is -0.00815. The Morgan fingerprint density at radius 3 is 2.60 bits per heavy atom. The maximum atomic E-state index is 12.2. The van der Waals surface area contributed by atoms with Crippen molar-refractivity contribution >= 4 is 11.7 Å². The number of ether oxygens (including phenoxy) is 1. The first-order chi connectivity index (χ1) is 9.41. The van der Waals surface area contributed by atoms with Crippen LogP contribution < -0.4 is 10.6 Å². The molecule has 1 heterocycles. The largest absolute Gasteiger partial charge is 0.374 e. The maximum absolute atomic E-state index is 12.2. The van der Waals surface area contributed by atoms with Crippen LogP contribution in [0.15, 0.2) is 12.1 Å². The van der Waals surface area contributed by atoms with Crippen molar-refractivity contribution in [1.29, 1.82) is 0 Å². The summed E-state index contributed by atoms with van der Waals surface area (Å²) in [5.41, 5.74) is 1.15. The van der Waals surface area contributed by atoms with Crippen molar-refractivity contribution in [2.45, 2.75) is 39.7 Å². The molecule has 1 aromatic heterocycles. The molecule has 20 heavy (non-hydrogen) atoms. The number of carbonyl (C=O) groups is 1. The predicted molar refractivity (Wildman–Crippen MR) is 81.2 cm³/mol. The van der Waals surface area contributed by atoms with Gasteiger partial charge in [0.25, 0.3) is 5.91 Å². The van der Waals surface area contributed by atoms with E-state index >= 15 is 0 Å². The van der Waals surface area contributed by atoms with Gasteiger partial charge < -0.3 is 15.4 Å². The Morgan fingerprint density at radius 2 is 2.05 bits per heavy atom. The van der Waals surface area contributed by atoms with Crippen LogP contribution in [-0.2, 0) is 11.2 Å². The number of nitrogens with one attached hydrogen (secondary N) is 2. The van der Waals surface area contributed by atoms with Crippen molar-refractivity contribution in [1.82, 2.24) is 10.3 Å². The average molecular weight is 279 g/mol. The van der Waals surface area contributed by atoms with Crippen molar-refractivity contribution in [3.63, 3.8) is 0 Å². The lowest BCUT2D eigenvalue weighted by Crippen LogP contribution is -2.40. The fourth-order valence-corrected chi connectivity index (χ4v) is 1.86. The van der Waals surface area contributed by atoms with E-state index in [-0.39, 0.29) is 11.5 Å². The van der Waals surface area contributed by atoms with Gasteiger partial charge in [-0.05, 0) is 39.3 Å². The van der Waals surface area contributed by atoms with Gasteiger partial charge in [-0.3, -0.25) is 4.79 Å². The summed E-state index contributed by atoms with van der Waals surface area (Å²) in [6.07, 6.45) is 0.792. The first kappa shape index (κ1) is 16.4. The van der Waals surface area contributed by atoms with E-state index in [9.17, 15) is 4.79 Å². The number of rotatable bonds is 7. The van der Waals surface area contributed by atoms with E-state index in [1.54, 1.807) is 13.1 Å². The monoisotopic (exact) mass is 279 g/mol. The van der Waals surface area contributed by atoms with E-state index in [1.165, 1.54) is 0 Å². The third kappa shape index (κ3) is 4.81. The zero-order chi connectivity index (χ0) is 15.2. The summed E-state index contributed by atoms with van der Waals surface area (Å²) in [4.78, 5) is 16.6. The van der Waals surface area contributed by atoms with Crippen molar-refractivity contribution in [2.24, 2.45) is 0 Å². The molecule has 1 amide bonds. The number of nitrogens with zero attached hydrogens (tertiary/aromatic N) is 1.